The van der Waals surface area contributed by atoms with Crippen LogP contribution in [0.25, 0.3) is 0 Å². The molecule has 2 N–H and O–H groups in total. The molecule has 0 heterocycles. The summed E-state index contributed by atoms with van der Waals surface area (Å²) in [6.07, 6.45) is 2.51. The molecule has 0 unspecified atom stereocenters. The zero-order valence-electron chi connectivity index (χ0n) is 13.4. The van der Waals surface area contributed by atoms with Crippen LogP contribution in [0.15, 0.2) is 35.3 Å². The Hall–Kier alpha value is -0.780. The van der Waals surface area contributed by atoms with Gasteiger partial charge in [0.1, 0.15) is 0 Å². The Morgan fingerprint density at radius 1 is 1.19 bits per heavy atom. The molecular weight excluding hydrogens is 373 g/mol. The maximum atomic E-state index is 4.79. The van der Waals surface area contributed by atoms with E-state index < -0.39 is 0 Å². The highest BCUT2D eigenvalue weighted by molar-refractivity contribution is 14.0. The summed E-state index contributed by atoms with van der Waals surface area (Å²) in [5.74, 6) is 1.58. The summed E-state index contributed by atoms with van der Waals surface area (Å²) < 4.78 is 0. The fourth-order valence-electron chi connectivity index (χ4n) is 2.35. The summed E-state index contributed by atoms with van der Waals surface area (Å²) in [6.45, 7) is 9.28. The first kappa shape index (κ1) is 18.3. The molecule has 0 radical (unpaired) electrons. The van der Waals surface area contributed by atoms with Crippen molar-refractivity contribution in [2.75, 3.05) is 19.6 Å². The normalized spacial score (nSPS) is 16.3. The second-order valence-electron chi connectivity index (χ2n) is 6.12. The zero-order valence-corrected chi connectivity index (χ0v) is 15.7. The molecule has 0 aromatic heterocycles. The molecule has 0 atom stereocenters. The van der Waals surface area contributed by atoms with E-state index in [1.807, 2.05) is 0 Å². The first-order valence-corrected chi connectivity index (χ1v) is 7.74. The van der Waals surface area contributed by atoms with Crippen LogP contribution >= 0.6 is 24.0 Å². The van der Waals surface area contributed by atoms with E-state index in [-0.39, 0.29) is 24.0 Å². The van der Waals surface area contributed by atoms with Crippen molar-refractivity contribution in [3.05, 3.63) is 35.9 Å². The molecule has 118 valence electrons. The first-order valence-electron chi connectivity index (χ1n) is 7.74. The third-order valence-electron chi connectivity index (χ3n) is 3.80. The van der Waals surface area contributed by atoms with Gasteiger partial charge in [0.25, 0.3) is 0 Å². The molecule has 4 heteroatoms. The van der Waals surface area contributed by atoms with Crippen LogP contribution in [0.4, 0.5) is 0 Å². The average Bonchev–Trinajstić information content (AvgIpc) is 3.24. The predicted octanol–water partition coefficient (Wildman–Crippen LogP) is 3.55. The minimum atomic E-state index is 0. The van der Waals surface area contributed by atoms with Gasteiger partial charge in [-0.05, 0) is 31.2 Å². The standard InChI is InChI=1S/C17H27N3.HI/c1-4-18-16(19-12-14(2)3)20-13-17(10-11-17)15-8-6-5-7-9-15;/h5-9,14H,4,10-13H2,1-3H3,(H2,18,19,20);1H. The molecule has 2 rings (SSSR count). The maximum absolute atomic E-state index is 4.79. The maximum Gasteiger partial charge on any atom is 0.191 e. The van der Waals surface area contributed by atoms with E-state index in [1.165, 1.54) is 18.4 Å². The quantitative estimate of drug-likeness (QED) is 0.435. The summed E-state index contributed by atoms with van der Waals surface area (Å²) in [4.78, 5) is 4.79. The average molecular weight is 401 g/mol. The lowest BCUT2D eigenvalue weighted by molar-refractivity contribution is 0.611. The fraction of sp³-hybridized carbons (Fsp3) is 0.588. The van der Waals surface area contributed by atoms with Gasteiger partial charge in [-0.2, -0.15) is 0 Å². The van der Waals surface area contributed by atoms with Gasteiger partial charge < -0.3 is 10.6 Å². The zero-order chi connectivity index (χ0) is 14.4. The number of halogens is 1. The molecule has 1 saturated carbocycles. The molecule has 3 nitrogen and oxygen atoms in total. The Kier molecular flexibility index (Phi) is 7.49. The van der Waals surface area contributed by atoms with Crippen LogP contribution < -0.4 is 10.6 Å². The van der Waals surface area contributed by atoms with Crippen LogP contribution in [0, 0.1) is 5.92 Å². The Balaban J connectivity index is 0.00000220. The molecule has 21 heavy (non-hydrogen) atoms. The molecule has 1 fully saturated rings. The lowest BCUT2D eigenvalue weighted by atomic mass is 9.96. The van der Waals surface area contributed by atoms with E-state index in [1.54, 1.807) is 0 Å². The molecule has 1 aromatic carbocycles. The van der Waals surface area contributed by atoms with E-state index in [9.17, 15) is 0 Å². The highest BCUT2D eigenvalue weighted by Gasteiger charge is 2.43. The molecule has 0 aliphatic heterocycles. The van der Waals surface area contributed by atoms with E-state index in [2.05, 4.69) is 61.7 Å². The minimum absolute atomic E-state index is 0. The molecule has 1 aromatic rings. The molecule has 1 aliphatic rings. The van der Waals surface area contributed by atoms with Crippen molar-refractivity contribution in [1.29, 1.82) is 0 Å². The van der Waals surface area contributed by atoms with E-state index in [0.717, 1.165) is 25.6 Å². The summed E-state index contributed by atoms with van der Waals surface area (Å²) in [5.41, 5.74) is 1.73. The van der Waals surface area contributed by atoms with Crippen LogP contribution in [-0.2, 0) is 5.41 Å². The van der Waals surface area contributed by atoms with E-state index in [0.29, 0.717) is 11.3 Å². The monoisotopic (exact) mass is 401 g/mol. The molecule has 1 aliphatic carbocycles. The Labute approximate surface area is 146 Å². The number of nitrogens with one attached hydrogen (secondary N) is 2. The largest absolute Gasteiger partial charge is 0.357 e. The number of guanidine groups is 1. The second kappa shape index (κ2) is 8.61. The number of nitrogens with zero attached hydrogens (tertiary/aromatic N) is 1. The number of benzene rings is 1. The van der Waals surface area contributed by atoms with Crippen molar-refractivity contribution < 1.29 is 0 Å². The Morgan fingerprint density at radius 2 is 1.86 bits per heavy atom. The van der Waals surface area contributed by atoms with Crippen LogP contribution in [0.3, 0.4) is 0 Å². The van der Waals surface area contributed by atoms with Crippen molar-refractivity contribution in [3.8, 4) is 0 Å². The highest BCUT2D eigenvalue weighted by Crippen LogP contribution is 2.48. The third kappa shape index (κ3) is 5.49. The third-order valence-corrected chi connectivity index (χ3v) is 3.80. The minimum Gasteiger partial charge on any atom is -0.357 e. The van der Waals surface area contributed by atoms with Crippen LogP contribution in [0.5, 0.6) is 0 Å². The summed E-state index contributed by atoms with van der Waals surface area (Å²) in [6, 6.07) is 10.8. The summed E-state index contributed by atoms with van der Waals surface area (Å²) in [5, 5.41) is 6.74. The summed E-state index contributed by atoms with van der Waals surface area (Å²) >= 11 is 0. The van der Waals surface area contributed by atoms with Crippen molar-refractivity contribution in [2.45, 2.75) is 39.0 Å². The van der Waals surface area contributed by atoms with Gasteiger partial charge in [0.15, 0.2) is 5.96 Å². The number of rotatable bonds is 6. The number of hydrogen-bond acceptors (Lipinski definition) is 1. The van der Waals surface area contributed by atoms with E-state index >= 15 is 0 Å². The number of hydrogen-bond donors (Lipinski definition) is 2. The smallest absolute Gasteiger partial charge is 0.191 e. The Morgan fingerprint density at radius 3 is 2.38 bits per heavy atom. The Bertz CT molecular complexity index is 439. The van der Waals surface area contributed by atoms with Crippen LogP contribution in [0.2, 0.25) is 0 Å². The van der Waals surface area contributed by atoms with Crippen molar-refractivity contribution >= 4 is 29.9 Å². The predicted molar refractivity (Wildman–Crippen MR) is 102 cm³/mol. The molecule has 0 bridgehead atoms. The van der Waals surface area contributed by atoms with Gasteiger partial charge in [0.2, 0.25) is 0 Å². The lowest BCUT2D eigenvalue weighted by Crippen LogP contribution is -2.39. The van der Waals surface area contributed by atoms with Crippen LogP contribution in [-0.4, -0.2) is 25.6 Å². The first-order chi connectivity index (χ1) is 9.66. The van der Waals surface area contributed by atoms with Gasteiger partial charge >= 0.3 is 0 Å². The second-order valence-corrected chi connectivity index (χ2v) is 6.12. The molecule has 0 spiro atoms. The van der Waals surface area contributed by atoms with Gasteiger partial charge in [-0.25, -0.2) is 0 Å². The molecule has 0 saturated heterocycles. The van der Waals surface area contributed by atoms with Gasteiger partial charge in [0.05, 0.1) is 6.54 Å². The topological polar surface area (TPSA) is 36.4 Å². The lowest BCUT2D eigenvalue weighted by Gasteiger charge is -2.16. The fourth-order valence-corrected chi connectivity index (χ4v) is 2.35. The van der Waals surface area contributed by atoms with Crippen LogP contribution in [0.1, 0.15) is 39.2 Å². The van der Waals surface area contributed by atoms with Gasteiger partial charge in [0, 0.05) is 18.5 Å². The SMILES string of the molecule is CCNC(=NCC1(c2ccccc2)CC1)NCC(C)C.I. The summed E-state index contributed by atoms with van der Waals surface area (Å²) in [7, 11) is 0. The molecular formula is C17H28IN3. The van der Waals surface area contributed by atoms with Crippen molar-refractivity contribution in [3.63, 3.8) is 0 Å². The highest BCUT2D eigenvalue weighted by atomic mass is 127. The van der Waals surface area contributed by atoms with Crippen molar-refractivity contribution in [2.24, 2.45) is 10.9 Å². The van der Waals surface area contributed by atoms with Gasteiger partial charge in [-0.3, -0.25) is 4.99 Å². The van der Waals surface area contributed by atoms with Gasteiger partial charge in [-0.1, -0.05) is 44.2 Å². The van der Waals surface area contributed by atoms with Crippen molar-refractivity contribution in [1.82, 2.24) is 10.6 Å². The number of aliphatic imine (C=N–C) groups is 1. The van der Waals surface area contributed by atoms with E-state index in [4.69, 9.17) is 4.99 Å². The van der Waals surface area contributed by atoms with Gasteiger partial charge in [-0.15, -0.1) is 24.0 Å². The molecule has 0 amide bonds.